The van der Waals surface area contributed by atoms with Crippen molar-refractivity contribution in [3.63, 3.8) is 0 Å². The number of aryl methyl sites for hydroxylation is 1. The van der Waals surface area contributed by atoms with Gasteiger partial charge in [0.25, 0.3) is 16.8 Å². The molecule has 0 bridgehead atoms. The van der Waals surface area contributed by atoms with Gasteiger partial charge in [-0.25, -0.2) is 14.4 Å². The zero-order chi connectivity index (χ0) is 22.4. The number of non-ortho nitro benzene ring substituents is 1. The van der Waals surface area contributed by atoms with Crippen LogP contribution < -0.4 is 15.7 Å². The van der Waals surface area contributed by atoms with E-state index in [1.807, 2.05) is 24.3 Å². The Balaban J connectivity index is 1.69. The van der Waals surface area contributed by atoms with Crippen molar-refractivity contribution >= 4 is 50.9 Å². The SMILES string of the molecule is Cc1cc(=O)[nH]c(Sc2ccc([N+](=O)[O-])cc2/C=c2/sc3nc4ccccc4n3c2=O)n1. The highest BCUT2D eigenvalue weighted by molar-refractivity contribution is 7.99. The van der Waals surface area contributed by atoms with Gasteiger partial charge in [0.05, 0.1) is 20.5 Å². The van der Waals surface area contributed by atoms with Crippen LogP contribution in [0.1, 0.15) is 11.3 Å². The van der Waals surface area contributed by atoms with E-state index in [-0.39, 0.29) is 16.8 Å². The molecule has 1 N–H and O–H groups in total. The van der Waals surface area contributed by atoms with Crippen LogP contribution >= 0.6 is 23.1 Å². The maximum atomic E-state index is 13.1. The topological polar surface area (TPSA) is 123 Å². The summed E-state index contributed by atoms with van der Waals surface area (Å²) in [5.74, 6) is 0. The van der Waals surface area contributed by atoms with Gasteiger partial charge in [0.15, 0.2) is 10.1 Å². The number of nitrogens with zero attached hydrogens (tertiary/aromatic N) is 4. The van der Waals surface area contributed by atoms with Gasteiger partial charge in [-0.15, -0.1) is 0 Å². The maximum absolute atomic E-state index is 13.1. The summed E-state index contributed by atoms with van der Waals surface area (Å²) in [4.78, 5) is 48.3. The number of hydrogen-bond donors (Lipinski definition) is 1. The minimum atomic E-state index is -0.495. The number of thiazole rings is 1. The summed E-state index contributed by atoms with van der Waals surface area (Å²) in [5.41, 5.74) is 1.81. The van der Waals surface area contributed by atoms with Crippen LogP contribution in [0.25, 0.3) is 22.1 Å². The number of rotatable bonds is 4. The summed E-state index contributed by atoms with van der Waals surface area (Å²) < 4.78 is 1.93. The average molecular weight is 464 g/mol. The van der Waals surface area contributed by atoms with Crippen molar-refractivity contribution in [2.45, 2.75) is 17.0 Å². The van der Waals surface area contributed by atoms with Crippen LogP contribution in [0.2, 0.25) is 0 Å². The molecule has 3 aromatic heterocycles. The second-order valence-electron chi connectivity index (χ2n) is 6.91. The smallest absolute Gasteiger partial charge is 0.274 e. The number of benzene rings is 2. The summed E-state index contributed by atoms with van der Waals surface area (Å²) in [6.07, 6.45) is 1.61. The number of nitro benzene ring substituents is 1. The molecule has 0 radical (unpaired) electrons. The molecule has 0 saturated heterocycles. The Morgan fingerprint density at radius 3 is 2.75 bits per heavy atom. The molecule has 2 aromatic carbocycles. The lowest BCUT2D eigenvalue weighted by Gasteiger charge is -2.05. The van der Waals surface area contributed by atoms with Crippen LogP contribution in [-0.4, -0.2) is 24.3 Å². The van der Waals surface area contributed by atoms with E-state index in [1.165, 1.54) is 33.9 Å². The zero-order valence-corrected chi connectivity index (χ0v) is 18.1. The fraction of sp³-hybridized carbons (Fsp3) is 0.0476. The average Bonchev–Trinajstić information content (AvgIpc) is 3.24. The van der Waals surface area contributed by atoms with Crippen molar-refractivity contribution in [1.29, 1.82) is 0 Å². The lowest BCUT2D eigenvalue weighted by Crippen LogP contribution is -2.22. The van der Waals surface area contributed by atoms with Gasteiger partial charge >= 0.3 is 0 Å². The minimum absolute atomic E-state index is 0.106. The van der Waals surface area contributed by atoms with Crippen molar-refractivity contribution in [1.82, 2.24) is 19.4 Å². The van der Waals surface area contributed by atoms with E-state index < -0.39 is 4.92 Å². The summed E-state index contributed by atoms with van der Waals surface area (Å²) in [5, 5.41) is 11.7. The quantitative estimate of drug-likeness (QED) is 0.247. The van der Waals surface area contributed by atoms with Gasteiger partial charge in [0.1, 0.15) is 0 Å². The molecule has 5 aromatic rings. The standard InChI is InChI=1S/C21H13N5O4S2/c1-11-8-18(27)24-20(22-11)31-16-7-6-13(26(29)30)9-12(16)10-17-19(28)25-15-5-3-2-4-14(15)23-21(25)32-17/h2-10H,1H3,(H,22,24,27)/b17-10+. The highest BCUT2D eigenvalue weighted by Crippen LogP contribution is 2.31. The molecule has 0 fully saturated rings. The molecule has 0 saturated carbocycles. The molecule has 32 heavy (non-hydrogen) atoms. The molecular formula is C21H13N5O4S2. The van der Waals surface area contributed by atoms with Gasteiger partial charge in [0.2, 0.25) is 0 Å². The summed E-state index contributed by atoms with van der Waals surface area (Å²) in [6.45, 7) is 1.71. The van der Waals surface area contributed by atoms with Gasteiger partial charge in [0, 0.05) is 28.8 Å². The van der Waals surface area contributed by atoms with E-state index in [9.17, 15) is 19.7 Å². The zero-order valence-electron chi connectivity index (χ0n) is 16.4. The van der Waals surface area contributed by atoms with Crippen LogP contribution in [-0.2, 0) is 0 Å². The second kappa shape index (κ2) is 7.70. The first-order valence-corrected chi connectivity index (χ1v) is 11.0. The lowest BCUT2D eigenvalue weighted by atomic mass is 10.2. The van der Waals surface area contributed by atoms with Gasteiger partial charge in [-0.05, 0) is 36.8 Å². The predicted octanol–water partition coefficient (Wildman–Crippen LogP) is 2.91. The third-order valence-corrected chi connectivity index (χ3v) is 6.64. The molecule has 0 atom stereocenters. The summed E-state index contributed by atoms with van der Waals surface area (Å²) >= 11 is 2.37. The monoisotopic (exact) mass is 463 g/mol. The number of hydrogen-bond acceptors (Lipinski definition) is 8. The van der Waals surface area contributed by atoms with Crippen LogP contribution in [0, 0.1) is 17.0 Å². The lowest BCUT2D eigenvalue weighted by molar-refractivity contribution is -0.384. The molecule has 0 spiro atoms. The first-order chi connectivity index (χ1) is 15.4. The highest BCUT2D eigenvalue weighted by Gasteiger charge is 2.15. The van der Waals surface area contributed by atoms with E-state index in [0.717, 1.165) is 17.3 Å². The third-order valence-electron chi connectivity index (χ3n) is 4.69. The predicted molar refractivity (Wildman–Crippen MR) is 122 cm³/mol. The molecule has 5 rings (SSSR count). The third kappa shape index (κ3) is 3.57. The summed E-state index contributed by atoms with van der Waals surface area (Å²) in [6, 6.07) is 13.1. The Bertz CT molecular complexity index is 1700. The van der Waals surface area contributed by atoms with Gasteiger partial charge in [-0.2, -0.15) is 0 Å². The number of aromatic nitrogens is 4. The van der Waals surface area contributed by atoms with E-state index >= 15 is 0 Å². The van der Waals surface area contributed by atoms with Crippen LogP contribution in [0.4, 0.5) is 5.69 Å². The second-order valence-corrected chi connectivity index (χ2v) is 8.95. The molecule has 0 unspecified atom stereocenters. The molecule has 158 valence electrons. The van der Waals surface area contributed by atoms with Gasteiger partial charge < -0.3 is 4.98 Å². The minimum Gasteiger partial charge on any atom is -0.301 e. The molecule has 9 nitrogen and oxygen atoms in total. The van der Waals surface area contributed by atoms with E-state index in [2.05, 4.69) is 15.0 Å². The number of aromatic amines is 1. The van der Waals surface area contributed by atoms with E-state index in [0.29, 0.717) is 36.3 Å². The largest absolute Gasteiger partial charge is 0.301 e. The normalized spacial score (nSPS) is 12.1. The highest BCUT2D eigenvalue weighted by atomic mass is 32.2. The molecule has 0 aliphatic rings. The fourth-order valence-corrected chi connectivity index (χ4v) is 5.21. The number of H-pyrrole nitrogens is 1. The Morgan fingerprint density at radius 1 is 1.16 bits per heavy atom. The molecule has 3 heterocycles. The van der Waals surface area contributed by atoms with Crippen molar-refractivity contribution in [2.75, 3.05) is 0 Å². The Kier molecular flexibility index (Phi) is 4.83. The Labute approximate surface area is 187 Å². The van der Waals surface area contributed by atoms with Crippen molar-refractivity contribution in [3.8, 4) is 0 Å². The molecule has 0 aliphatic heterocycles. The fourth-order valence-electron chi connectivity index (χ4n) is 3.31. The van der Waals surface area contributed by atoms with Crippen molar-refractivity contribution in [2.24, 2.45) is 0 Å². The number of nitro groups is 1. The van der Waals surface area contributed by atoms with Gasteiger partial charge in [-0.1, -0.05) is 35.2 Å². The Hall–Kier alpha value is -3.83. The number of nitrogens with one attached hydrogen (secondary N) is 1. The van der Waals surface area contributed by atoms with Gasteiger partial charge in [-0.3, -0.25) is 19.7 Å². The number of imidazole rings is 1. The van der Waals surface area contributed by atoms with Crippen molar-refractivity contribution < 1.29 is 4.92 Å². The number of para-hydroxylation sites is 2. The molecular weight excluding hydrogens is 450 g/mol. The van der Waals surface area contributed by atoms with Crippen molar-refractivity contribution in [3.05, 3.63) is 95.1 Å². The summed E-state index contributed by atoms with van der Waals surface area (Å²) in [7, 11) is 0. The van der Waals surface area contributed by atoms with E-state index in [1.54, 1.807) is 19.1 Å². The maximum Gasteiger partial charge on any atom is 0.274 e. The van der Waals surface area contributed by atoms with Crippen LogP contribution in [0.5, 0.6) is 0 Å². The molecule has 0 amide bonds. The molecule has 0 aliphatic carbocycles. The van der Waals surface area contributed by atoms with E-state index in [4.69, 9.17) is 0 Å². The van der Waals surface area contributed by atoms with Crippen LogP contribution in [0.15, 0.2) is 68.2 Å². The Morgan fingerprint density at radius 2 is 1.97 bits per heavy atom. The number of fused-ring (bicyclic) bond motifs is 3. The van der Waals surface area contributed by atoms with Crippen LogP contribution in [0.3, 0.4) is 0 Å². The first kappa shape index (κ1) is 20.1. The molecule has 11 heteroatoms. The first-order valence-electron chi connectivity index (χ1n) is 9.35.